The molecular formula is C56H77F5N16O9. The summed E-state index contributed by atoms with van der Waals surface area (Å²) in [5.41, 5.74) is 10.0. The Balaban J connectivity index is 1.36. The van der Waals surface area contributed by atoms with Gasteiger partial charge in [-0.15, -0.1) is 0 Å². The molecule has 0 saturated carbocycles. The number of hydrogen-bond donors (Lipinski definition) is 10. The van der Waals surface area contributed by atoms with Crippen molar-refractivity contribution in [2.24, 2.45) is 28.3 Å². The lowest BCUT2D eigenvalue weighted by molar-refractivity contribution is -0.138. The van der Waals surface area contributed by atoms with Crippen LogP contribution in [0.4, 0.5) is 27.6 Å². The van der Waals surface area contributed by atoms with Crippen molar-refractivity contribution in [2.45, 2.75) is 142 Å². The van der Waals surface area contributed by atoms with Gasteiger partial charge in [0.25, 0.3) is 5.56 Å². The van der Waals surface area contributed by atoms with E-state index in [0.717, 1.165) is 17.3 Å². The summed E-state index contributed by atoms with van der Waals surface area (Å²) in [4.78, 5) is 142. The quantitative estimate of drug-likeness (QED) is 0.00869. The molecule has 2 aromatic carbocycles. The molecule has 30 heteroatoms. The number of imidazole rings is 1. The number of carbonyl (C=O) groups is 8. The number of piperazine rings is 1. The monoisotopic (exact) mass is 1210 g/mol. The molecule has 0 aliphatic carbocycles. The van der Waals surface area contributed by atoms with E-state index in [-0.39, 0.29) is 79.6 Å². The van der Waals surface area contributed by atoms with Gasteiger partial charge in [0.15, 0.2) is 29.2 Å². The van der Waals surface area contributed by atoms with Gasteiger partial charge in [-0.25, -0.2) is 31.9 Å². The minimum absolute atomic E-state index is 0.00943. The van der Waals surface area contributed by atoms with Crippen LogP contribution in [0.25, 0.3) is 10.9 Å². The second kappa shape index (κ2) is 32.0. The standard InChI is InChI=1S/C56H77F5N16O9/c1-8-10-12-38(71-53(84)48(30(5)9-2)69-31(6)78)55(86)76-19-17-75(18-20-76)33-14-15-36-34(23-33)54(85)77(28-68-36)26-42(79)70-37(13-11-16-66-56(62)63)50(81)73-40(22-32-25-65-27-67-32)51(82)74-41(52(83)72-39(21-29(3)4)49(80)64-7)24-35-43(57)45(59)47(61)46(60)44(35)58/h14-15,23,25,27-30,37-41,48H,8-13,16-22,24,26H2,1-7H3,(H,64,80)(H,65,67)(H,69,78)(H,70,79)(H,71,84)(H,72,83)(H,73,81)(H,74,82)(H4,62,63,66)/t30-,37-,38-,39-,40-,41-,48-/m0/s1. The number of amides is 8. The molecule has 7 atom stereocenters. The van der Waals surface area contributed by atoms with Gasteiger partial charge in [-0.2, -0.15) is 0 Å². The average molecular weight is 1210 g/mol. The molecule has 0 unspecified atom stereocenters. The smallest absolute Gasteiger partial charge is 0.261 e. The van der Waals surface area contributed by atoms with Crippen LogP contribution in [0.2, 0.25) is 0 Å². The van der Waals surface area contributed by atoms with Crippen LogP contribution in [0.3, 0.4) is 0 Å². The number of nitrogens with zero attached hydrogens (tertiary/aromatic N) is 6. The zero-order chi connectivity index (χ0) is 63.5. The van der Waals surface area contributed by atoms with Crippen LogP contribution in [0, 0.1) is 40.9 Å². The lowest BCUT2D eigenvalue weighted by atomic mass is 9.97. The van der Waals surface area contributed by atoms with Crippen LogP contribution in [0.1, 0.15) is 97.7 Å². The summed E-state index contributed by atoms with van der Waals surface area (Å²) < 4.78 is 74.5. The Morgan fingerprint density at radius 1 is 0.721 bits per heavy atom. The van der Waals surface area contributed by atoms with Crippen LogP contribution < -0.4 is 59.1 Å². The van der Waals surface area contributed by atoms with Gasteiger partial charge in [-0.1, -0.05) is 53.9 Å². The normalized spacial score (nSPS) is 14.8. The Morgan fingerprint density at radius 3 is 1.88 bits per heavy atom. The van der Waals surface area contributed by atoms with Gasteiger partial charge in [-0.05, 0) is 55.7 Å². The number of anilines is 1. The maximum Gasteiger partial charge on any atom is 0.261 e. The Bertz CT molecular complexity index is 3130. The Hall–Kier alpha value is -8.73. The van der Waals surface area contributed by atoms with Crippen molar-refractivity contribution >= 4 is 69.8 Å². The van der Waals surface area contributed by atoms with Crippen LogP contribution in [-0.4, -0.2) is 154 Å². The molecule has 1 saturated heterocycles. The highest BCUT2D eigenvalue weighted by Crippen LogP contribution is 2.25. The van der Waals surface area contributed by atoms with E-state index in [1.807, 2.05) is 25.7 Å². The first-order chi connectivity index (χ1) is 40.8. The van der Waals surface area contributed by atoms with E-state index < -0.39 is 131 Å². The number of fused-ring (bicyclic) bond motifs is 1. The number of aliphatic imine (C=N–C) groups is 1. The van der Waals surface area contributed by atoms with E-state index in [4.69, 9.17) is 11.5 Å². The molecule has 3 heterocycles. The SMILES string of the molecule is CCCC[C@H](NC(=O)[C@@H](NC(C)=O)[C@@H](C)CC)C(=O)N1CCN(c2ccc3ncn(CC(=O)N[C@@H](CCCN=C(N)N)C(=O)N[C@@H](Cc4cnc[nH]4)C(=O)N[C@@H](Cc4c(F)c(F)c(F)c(F)c4F)C(=O)N[C@@H](CC(C)C)C(=O)NC)c(=O)c3c2)CC1. The fourth-order valence-electron chi connectivity index (χ4n) is 9.64. The Morgan fingerprint density at radius 2 is 1.31 bits per heavy atom. The maximum atomic E-state index is 15.2. The fourth-order valence-corrected chi connectivity index (χ4v) is 9.64. The molecule has 0 bridgehead atoms. The van der Waals surface area contributed by atoms with Crippen molar-refractivity contribution in [2.75, 3.05) is 44.7 Å². The third-order valence-corrected chi connectivity index (χ3v) is 14.5. The van der Waals surface area contributed by atoms with E-state index in [1.165, 1.54) is 26.5 Å². The summed E-state index contributed by atoms with van der Waals surface area (Å²) in [7, 11) is 1.27. The number of benzene rings is 2. The third-order valence-electron chi connectivity index (χ3n) is 14.5. The molecule has 0 radical (unpaired) electrons. The molecule has 25 nitrogen and oxygen atoms in total. The lowest BCUT2D eigenvalue weighted by Crippen LogP contribution is -2.59. The summed E-state index contributed by atoms with van der Waals surface area (Å²) in [5, 5.41) is 17.8. The number of aromatic amines is 1. The van der Waals surface area contributed by atoms with Gasteiger partial charge in [0.05, 0.1) is 23.6 Å². The molecule has 1 fully saturated rings. The van der Waals surface area contributed by atoms with E-state index in [0.29, 0.717) is 43.6 Å². The van der Waals surface area contributed by atoms with E-state index in [9.17, 15) is 56.3 Å². The largest absolute Gasteiger partial charge is 0.370 e. The average Bonchev–Trinajstić information content (AvgIpc) is 1.31. The molecule has 1 aliphatic heterocycles. The Kier molecular flexibility index (Phi) is 25.3. The van der Waals surface area contributed by atoms with Crippen LogP contribution in [0.15, 0.2) is 46.8 Å². The van der Waals surface area contributed by atoms with Crippen molar-refractivity contribution in [3.8, 4) is 0 Å². The molecule has 1 aliphatic rings. The minimum Gasteiger partial charge on any atom is -0.370 e. The Labute approximate surface area is 493 Å². The van der Waals surface area contributed by atoms with Crippen molar-refractivity contribution in [1.82, 2.24) is 61.6 Å². The van der Waals surface area contributed by atoms with Gasteiger partial charge < -0.3 is 63.5 Å². The van der Waals surface area contributed by atoms with Gasteiger partial charge in [-0.3, -0.25) is 52.7 Å². The topological polar surface area (TPSA) is 355 Å². The van der Waals surface area contributed by atoms with E-state index in [1.54, 1.807) is 36.9 Å². The van der Waals surface area contributed by atoms with Gasteiger partial charge in [0, 0.05) is 82.7 Å². The second-order valence-corrected chi connectivity index (χ2v) is 21.5. The number of nitrogens with one attached hydrogen (secondary N) is 8. The summed E-state index contributed by atoms with van der Waals surface area (Å²) in [5.74, 6) is -18.6. The van der Waals surface area contributed by atoms with Crippen molar-refractivity contribution in [3.05, 3.63) is 87.7 Å². The zero-order valence-corrected chi connectivity index (χ0v) is 49.1. The van der Waals surface area contributed by atoms with Crippen molar-refractivity contribution < 1.29 is 60.3 Å². The number of guanidine groups is 1. The third kappa shape index (κ3) is 18.6. The van der Waals surface area contributed by atoms with Crippen molar-refractivity contribution in [3.63, 3.8) is 0 Å². The zero-order valence-electron chi connectivity index (χ0n) is 49.1. The lowest BCUT2D eigenvalue weighted by Gasteiger charge is -2.38. The summed E-state index contributed by atoms with van der Waals surface area (Å²) in [6, 6.07) is -3.34. The predicted octanol–water partition coefficient (Wildman–Crippen LogP) is 0.960. The number of rotatable bonds is 30. The first kappa shape index (κ1) is 68.1. The summed E-state index contributed by atoms with van der Waals surface area (Å²) >= 11 is 0. The van der Waals surface area contributed by atoms with Crippen LogP contribution in [-0.2, 0) is 57.7 Å². The fraction of sp³-hybridized carbons (Fsp3) is 0.536. The number of nitrogens with two attached hydrogens (primary N) is 2. The molecule has 86 heavy (non-hydrogen) atoms. The number of H-pyrrole nitrogens is 1. The molecule has 470 valence electrons. The summed E-state index contributed by atoms with van der Waals surface area (Å²) in [6.07, 6.45) is 4.23. The van der Waals surface area contributed by atoms with Crippen LogP contribution >= 0.6 is 0 Å². The van der Waals surface area contributed by atoms with Gasteiger partial charge >= 0.3 is 0 Å². The van der Waals surface area contributed by atoms with Gasteiger partial charge in [0.1, 0.15) is 42.8 Å². The molecule has 12 N–H and O–H groups in total. The number of carbonyl (C=O) groups excluding carboxylic acids is 8. The highest BCUT2D eigenvalue weighted by atomic mass is 19.2. The molecule has 0 spiro atoms. The molecule has 4 aromatic rings. The number of hydrogen-bond acceptors (Lipinski definition) is 13. The number of aromatic nitrogens is 4. The molecule has 2 aromatic heterocycles. The number of likely N-dealkylation sites (N-methyl/N-ethyl adjacent to an activating group) is 1. The van der Waals surface area contributed by atoms with Crippen molar-refractivity contribution in [1.29, 1.82) is 0 Å². The van der Waals surface area contributed by atoms with E-state index in [2.05, 4.69) is 57.2 Å². The maximum absolute atomic E-state index is 15.2. The second-order valence-electron chi connectivity index (χ2n) is 21.5. The van der Waals surface area contributed by atoms with Crippen LogP contribution in [0.5, 0.6) is 0 Å². The first-order valence-corrected chi connectivity index (χ1v) is 28.3. The minimum atomic E-state index is -2.47. The highest BCUT2D eigenvalue weighted by Gasteiger charge is 2.37. The number of halogens is 5. The molecular weight excluding hydrogens is 1140 g/mol. The number of unbranched alkanes of at least 4 members (excludes halogenated alkanes) is 1. The first-order valence-electron chi connectivity index (χ1n) is 28.3. The predicted molar refractivity (Wildman–Crippen MR) is 307 cm³/mol. The van der Waals surface area contributed by atoms with E-state index >= 15 is 8.78 Å². The molecule has 8 amide bonds. The molecule has 5 rings (SSSR count). The van der Waals surface area contributed by atoms with Gasteiger partial charge in [0.2, 0.25) is 53.1 Å². The summed E-state index contributed by atoms with van der Waals surface area (Å²) in [6.45, 7) is 11.0. The highest BCUT2D eigenvalue weighted by molar-refractivity contribution is 5.96.